The Labute approximate surface area is 110 Å². The average molecular weight is 253 g/mol. The first-order chi connectivity index (χ1) is 8.44. The largest absolute Gasteiger partial charge is 0.493 e. The smallest absolute Gasteiger partial charge is 0.126 e. The molecular formula is C15H24FNO. The molecule has 0 radical (unpaired) electrons. The van der Waals surface area contributed by atoms with Crippen LogP contribution < -0.4 is 10.1 Å². The van der Waals surface area contributed by atoms with Crippen LogP contribution in [0, 0.1) is 18.2 Å². The Kier molecular flexibility index (Phi) is 5.60. The van der Waals surface area contributed by atoms with Gasteiger partial charge in [0.1, 0.15) is 11.6 Å². The number of ether oxygens (including phenoxy) is 1. The molecule has 0 spiro atoms. The molecule has 0 aromatic heterocycles. The fourth-order valence-electron chi connectivity index (χ4n) is 1.64. The molecule has 2 nitrogen and oxygen atoms in total. The van der Waals surface area contributed by atoms with Crippen LogP contribution in [-0.4, -0.2) is 19.7 Å². The SMILES string of the molecule is CCCNCC(C)(C)COc1ccc(F)c(C)c1. The maximum absolute atomic E-state index is 13.1. The third-order valence-corrected chi connectivity index (χ3v) is 2.79. The van der Waals surface area contributed by atoms with E-state index in [0.717, 1.165) is 25.3 Å². The van der Waals surface area contributed by atoms with E-state index in [1.165, 1.54) is 6.07 Å². The fourth-order valence-corrected chi connectivity index (χ4v) is 1.64. The van der Waals surface area contributed by atoms with E-state index >= 15 is 0 Å². The van der Waals surface area contributed by atoms with Crippen molar-refractivity contribution in [3.05, 3.63) is 29.6 Å². The third-order valence-electron chi connectivity index (χ3n) is 2.79. The van der Waals surface area contributed by atoms with Gasteiger partial charge < -0.3 is 10.1 Å². The zero-order chi connectivity index (χ0) is 13.6. The molecule has 18 heavy (non-hydrogen) atoms. The van der Waals surface area contributed by atoms with Crippen molar-refractivity contribution < 1.29 is 9.13 Å². The molecule has 0 aliphatic carbocycles. The van der Waals surface area contributed by atoms with Gasteiger partial charge in [-0.1, -0.05) is 20.8 Å². The first-order valence-electron chi connectivity index (χ1n) is 6.54. The minimum Gasteiger partial charge on any atom is -0.493 e. The van der Waals surface area contributed by atoms with Gasteiger partial charge in [0.2, 0.25) is 0 Å². The lowest BCUT2D eigenvalue weighted by atomic mass is 9.95. The first kappa shape index (κ1) is 15.0. The summed E-state index contributed by atoms with van der Waals surface area (Å²) in [6, 6.07) is 4.87. The lowest BCUT2D eigenvalue weighted by Gasteiger charge is -2.25. The number of hydrogen-bond acceptors (Lipinski definition) is 2. The zero-order valence-electron chi connectivity index (χ0n) is 11.8. The van der Waals surface area contributed by atoms with Gasteiger partial charge in [0.25, 0.3) is 0 Å². The summed E-state index contributed by atoms with van der Waals surface area (Å²) < 4.78 is 18.8. The molecule has 0 aliphatic rings. The fraction of sp³-hybridized carbons (Fsp3) is 0.600. The van der Waals surface area contributed by atoms with E-state index in [-0.39, 0.29) is 11.2 Å². The molecular weight excluding hydrogens is 229 g/mol. The minimum absolute atomic E-state index is 0.0669. The summed E-state index contributed by atoms with van der Waals surface area (Å²) in [5.41, 5.74) is 0.687. The van der Waals surface area contributed by atoms with Gasteiger partial charge in [-0.2, -0.15) is 0 Å². The summed E-state index contributed by atoms with van der Waals surface area (Å²) >= 11 is 0. The van der Waals surface area contributed by atoms with Crippen molar-refractivity contribution in [1.29, 1.82) is 0 Å². The molecule has 102 valence electrons. The maximum atomic E-state index is 13.1. The normalized spacial score (nSPS) is 11.6. The number of halogens is 1. The van der Waals surface area contributed by atoms with Crippen LogP contribution in [0.25, 0.3) is 0 Å². The van der Waals surface area contributed by atoms with Crippen molar-refractivity contribution in [2.75, 3.05) is 19.7 Å². The van der Waals surface area contributed by atoms with Crippen LogP contribution in [0.5, 0.6) is 5.75 Å². The van der Waals surface area contributed by atoms with Crippen LogP contribution in [0.2, 0.25) is 0 Å². The van der Waals surface area contributed by atoms with Gasteiger partial charge in [0.05, 0.1) is 6.61 Å². The molecule has 0 fully saturated rings. The summed E-state index contributed by atoms with van der Waals surface area (Å²) in [6.07, 6.45) is 1.13. The quantitative estimate of drug-likeness (QED) is 0.750. The van der Waals surface area contributed by atoms with Gasteiger partial charge >= 0.3 is 0 Å². The monoisotopic (exact) mass is 253 g/mol. The van der Waals surface area contributed by atoms with Crippen molar-refractivity contribution in [3.63, 3.8) is 0 Å². The predicted molar refractivity (Wildman–Crippen MR) is 73.6 cm³/mol. The highest BCUT2D eigenvalue weighted by Crippen LogP contribution is 2.20. The van der Waals surface area contributed by atoms with E-state index < -0.39 is 0 Å². The molecule has 0 heterocycles. The standard InChI is InChI=1S/C15H24FNO/c1-5-8-17-10-15(3,4)11-18-13-6-7-14(16)12(2)9-13/h6-7,9,17H,5,8,10-11H2,1-4H3. The molecule has 1 aromatic rings. The third kappa shape index (κ3) is 5.05. The summed E-state index contributed by atoms with van der Waals surface area (Å²) in [6.45, 7) is 10.8. The molecule has 0 amide bonds. The van der Waals surface area contributed by atoms with Crippen LogP contribution in [0.1, 0.15) is 32.8 Å². The second-order valence-corrected chi connectivity index (χ2v) is 5.54. The van der Waals surface area contributed by atoms with Crippen molar-refractivity contribution in [1.82, 2.24) is 5.32 Å². The molecule has 1 N–H and O–H groups in total. The van der Waals surface area contributed by atoms with Gasteiger partial charge in [0.15, 0.2) is 0 Å². The summed E-state index contributed by atoms with van der Waals surface area (Å²) in [4.78, 5) is 0. The maximum Gasteiger partial charge on any atom is 0.126 e. The van der Waals surface area contributed by atoms with Crippen LogP contribution in [0.4, 0.5) is 4.39 Å². The van der Waals surface area contributed by atoms with Gasteiger partial charge in [-0.05, 0) is 43.7 Å². The Morgan fingerprint density at radius 2 is 2.06 bits per heavy atom. The summed E-state index contributed by atoms with van der Waals surface area (Å²) in [7, 11) is 0. The van der Waals surface area contributed by atoms with Gasteiger partial charge in [-0.3, -0.25) is 0 Å². The van der Waals surface area contributed by atoms with E-state index in [0.29, 0.717) is 12.2 Å². The minimum atomic E-state index is -0.189. The molecule has 1 aromatic carbocycles. The van der Waals surface area contributed by atoms with Crippen molar-refractivity contribution in [3.8, 4) is 5.75 Å². The van der Waals surface area contributed by atoms with E-state index in [1.807, 2.05) is 0 Å². The Morgan fingerprint density at radius 1 is 1.33 bits per heavy atom. The van der Waals surface area contributed by atoms with Gasteiger partial charge in [-0.25, -0.2) is 4.39 Å². The second-order valence-electron chi connectivity index (χ2n) is 5.54. The lowest BCUT2D eigenvalue weighted by molar-refractivity contribution is 0.176. The number of nitrogens with one attached hydrogen (secondary N) is 1. The van der Waals surface area contributed by atoms with Crippen LogP contribution in [0.15, 0.2) is 18.2 Å². The highest BCUT2D eigenvalue weighted by atomic mass is 19.1. The number of hydrogen-bond donors (Lipinski definition) is 1. The molecule has 0 bridgehead atoms. The topological polar surface area (TPSA) is 21.3 Å². The highest BCUT2D eigenvalue weighted by Gasteiger charge is 2.18. The Hall–Kier alpha value is -1.09. The van der Waals surface area contributed by atoms with Crippen molar-refractivity contribution >= 4 is 0 Å². The Morgan fingerprint density at radius 3 is 2.67 bits per heavy atom. The lowest BCUT2D eigenvalue weighted by Crippen LogP contribution is -2.34. The Balaban J connectivity index is 2.45. The van der Waals surface area contributed by atoms with E-state index in [1.54, 1.807) is 19.1 Å². The van der Waals surface area contributed by atoms with Crippen LogP contribution >= 0.6 is 0 Å². The van der Waals surface area contributed by atoms with E-state index in [9.17, 15) is 4.39 Å². The molecule has 0 saturated heterocycles. The molecule has 0 atom stereocenters. The number of benzene rings is 1. The molecule has 3 heteroatoms. The van der Waals surface area contributed by atoms with Crippen molar-refractivity contribution in [2.24, 2.45) is 5.41 Å². The zero-order valence-corrected chi connectivity index (χ0v) is 11.8. The van der Waals surface area contributed by atoms with Gasteiger partial charge in [0, 0.05) is 12.0 Å². The average Bonchev–Trinajstić information content (AvgIpc) is 2.31. The summed E-state index contributed by atoms with van der Waals surface area (Å²) in [5, 5.41) is 3.39. The predicted octanol–water partition coefficient (Wildman–Crippen LogP) is 3.54. The number of aryl methyl sites for hydroxylation is 1. The molecule has 1 rings (SSSR count). The number of rotatable bonds is 7. The first-order valence-corrected chi connectivity index (χ1v) is 6.54. The van der Waals surface area contributed by atoms with Crippen LogP contribution in [-0.2, 0) is 0 Å². The molecule has 0 saturated carbocycles. The van der Waals surface area contributed by atoms with Crippen LogP contribution in [0.3, 0.4) is 0 Å². The second kappa shape index (κ2) is 6.74. The van der Waals surface area contributed by atoms with E-state index in [4.69, 9.17) is 4.74 Å². The molecule has 0 aliphatic heterocycles. The van der Waals surface area contributed by atoms with Crippen molar-refractivity contribution in [2.45, 2.75) is 34.1 Å². The molecule has 0 unspecified atom stereocenters. The van der Waals surface area contributed by atoms with E-state index in [2.05, 4.69) is 26.1 Å². The van der Waals surface area contributed by atoms with Gasteiger partial charge in [-0.15, -0.1) is 0 Å². The highest BCUT2D eigenvalue weighted by molar-refractivity contribution is 5.28. The summed E-state index contributed by atoms with van der Waals surface area (Å²) in [5.74, 6) is 0.545. The Bertz CT molecular complexity index is 377.